The zero-order valence-corrected chi connectivity index (χ0v) is 9.63. The predicted octanol–water partition coefficient (Wildman–Crippen LogP) is 2.61. The van der Waals surface area contributed by atoms with Crippen LogP contribution in [-0.2, 0) is 9.59 Å². The number of hydrogen-bond acceptors (Lipinski definition) is 2. The van der Waals surface area contributed by atoms with Crippen LogP contribution in [0.1, 0.15) is 37.2 Å². The summed E-state index contributed by atoms with van der Waals surface area (Å²) in [6, 6.07) is 9.27. The van der Waals surface area contributed by atoms with Gasteiger partial charge in [0.05, 0.1) is 5.92 Å². The minimum Gasteiger partial charge on any atom is -0.481 e. The average molecular weight is 232 g/mol. The van der Waals surface area contributed by atoms with Crippen molar-refractivity contribution in [1.82, 2.24) is 0 Å². The fraction of sp³-hybridized carbons (Fsp3) is 0.429. The molecular formula is C14H16O3. The summed E-state index contributed by atoms with van der Waals surface area (Å²) >= 11 is 0. The standard InChI is InChI=1S/C14H16O3/c15-12-7-6-10(8-12)9-13(14(16)17)11-4-2-1-3-5-11/h1-5,10,13H,6-9H2,(H,16,17). The highest BCUT2D eigenvalue weighted by molar-refractivity contribution is 5.81. The Kier molecular flexibility index (Phi) is 3.57. The molecule has 17 heavy (non-hydrogen) atoms. The van der Waals surface area contributed by atoms with Gasteiger partial charge < -0.3 is 5.11 Å². The molecule has 1 aromatic rings. The van der Waals surface area contributed by atoms with Crippen LogP contribution in [0.4, 0.5) is 0 Å². The lowest BCUT2D eigenvalue weighted by molar-refractivity contribution is -0.139. The molecule has 3 heteroatoms. The van der Waals surface area contributed by atoms with Crippen molar-refractivity contribution in [2.75, 3.05) is 0 Å². The van der Waals surface area contributed by atoms with Crippen LogP contribution in [0.2, 0.25) is 0 Å². The summed E-state index contributed by atoms with van der Waals surface area (Å²) in [4.78, 5) is 22.5. The lowest BCUT2D eigenvalue weighted by Crippen LogP contribution is -2.15. The van der Waals surface area contributed by atoms with Gasteiger partial charge in [-0.2, -0.15) is 0 Å². The number of carboxylic acid groups (broad SMARTS) is 1. The minimum atomic E-state index is -0.796. The van der Waals surface area contributed by atoms with Gasteiger partial charge in [-0.3, -0.25) is 9.59 Å². The number of benzene rings is 1. The summed E-state index contributed by atoms with van der Waals surface area (Å²) in [7, 11) is 0. The first-order chi connectivity index (χ1) is 8.16. The number of rotatable bonds is 4. The number of aliphatic carboxylic acids is 1. The quantitative estimate of drug-likeness (QED) is 0.868. The van der Waals surface area contributed by atoms with E-state index in [1.165, 1.54) is 0 Å². The van der Waals surface area contributed by atoms with Crippen molar-refractivity contribution < 1.29 is 14.7 Å². The lowest BCUT2D eigenvalue weighted by atomic mass is 9.88. The highest BCUT2D eigenvalue weighted by atomic mass is 16.4. The first-order valence-corrected chi connectivity index (χ1v) is 5.96. The van der Waals surface area contributed by atoms with Gasteiger partial charge in [-0.05, 0) is 24.3 Å². The van der Waals surface area contributed by atoms with Crippen LogP contribution in [0.25, 0.3) is 0 Å². The fourth-order valence-electron chi connectivity index (χ4n) is 2.49. The van der Waals surface area contributed by atoms with E-state index in [1.54, 1.807) is 0 Å². The van der Waals surface area contributed by atoms with Crippen LogP contribution in [0.15, 0.2) is 30.3 Å². The van der Waals surface area contributed by atoms with Gasteiger partial charge in [0, 0.05) is 12.8 Å². The highest BCUT2D eigenvalue weighted by Crippen LogP contribution is 2.32. The van der Waals surface area contributed by atoms with Crippen molar-refractivity contribution in [1.29, 1.82) is 0 Å². The molecule has 1 saturated carbocycles. The largest absolute Gasteiger partial charge is 0.481 e. The molecule has 0 aromatic heterocycles. The van der Waals surface area contributed by atoms with Gasteiger partial charge in [-0.15, -0.1) is 0 Å². The van der Waals surface area contributed by atoms with Crippen molar-refractivity contribution in [3.63, 3.8) is 0 Å². The summed E-state index contributed by atoms with van der Waals surface area (Å²) in [5.41, 5.74) is 0.833. The number of Topliss-reactive ketones (excluding diaryl/α,β-unsaturated/α-hetero) is 1. The molecule has 0 spiro atoms. The van der Waals surface area contributed by atoms with E-state index in [0.29, 0.717) is 19.3 Å². The number of hydrogen-bond donors (Lipinski definition) is 1. The Labute approximate surface area is 100 Å². The summed E-state index contributed by atoms with van der Waals surface area (Å²) in [5, 5.41) is 9.27. The van der Waals surface area contributed by atoms with Gasteiger partial charge in [0.15, 0.2) is 0 Å². The van der Waals surface area contributed by atoms with Crippen LogP contribution in [0, 0.1) is 5.92 Å². The van der Waals surface area contributed by atoms with E-state index in [1.807, 2.05) is 30.3 Å². The van der Waals surface area contributed by atoms with E-state index in [9.17, 15) is 14.7 Å². The van der Waals surface area contributed by atoms with Gasteiger partial charge >= 0.3 is 5.97 Å². The molecule has 0 heterocycles. The minimum absolute atomic E-state index is 0.240. The third-order valence-corrected chi connectivity index (χ3v) is 3.42. The molecule has 2 rings (SSSR count). The molecule has 1 aromatic carbocycles. The Morgan fingerprint density at radius 3 is 2.59 bits per heavy atom. The third kappa shape index (κ3) is 2.93. The van der Waals surface area contributed by atoms with Crippen molar-refractivity contribution >= 4 is 11.8 Å². The van der Waals surface area contributed by atoms with E-state index >= 15 is 0 Å². The predicted molar refractivity (Wildman–Crippen MR) is 63.8 cm³/mol. The van der Waals surface area contributed by atoms with Gasteiger partial charge in [0.1, 0.15) is 5.78 Å². The molecule has 2 atom stereocenters. The molecule has 0 saturated heterocycles. The lowest BCUT2D eigenvalue weighted by Gasteiger charge is -2.16. The molecular weight excluding hydrogens is 216 g/mol. The summed E-state index contributed by atoms with van der Waals surface area (Å²) in [6.07, 6.45) is 2.59. The van der Waals surface area contributed by atoms with Gasteiger partial charge in [-0.25, -0.2) is 0 Å². The van der Waals surface area contributed by atoms with Gasteiger partial charge in [0.2, 0.25) is 0 Å². The van der Waals surface area contributed by atoms with E-state index < -0.39 is 11.9 Å². The topological polar surface area (TPSA) is 54.4 Å². The molecule has 2 unspecified atom stereocenters. The molecule has 3 nitrogen and oxygen atoms in total. The smallest absolute Gasteiger partial charge is 0.310 e. The Balaban J connectivity index is 2.08. The zero-order chi connectivity index (χ0) is 12.3. The Morgan fingerprint density at radius 2 is 2.06 bits per heavy atom. The number of carbonyl (C=O) groups is 2. The molecule has 1 aliphatic carbocycles. The summed E-state index contributed by atoms with van der Waals surface area (Å²) in [6.45, 7) is 0. The first kappa shape index (κ1) is 11.8. The first-order valence-electron chi connectivity index (χ1n) is 5.96. The molecule has 90 valence electrons. The molecule has 0 amide bonds. The van der Waals surface area contributed by atoms with Gasteiger partial charge in [-0.1, -0.05) is 30.3 Å². The molecule has 1 fully saturated rings. The molecule has 0 radical (unpaired) electrons. The van der Waals surface area contributed by atoms with Crippen LogP contribution < -0.4 is 0 Å². The second-order valence-corrected chi connectivity index (χ2v) is 4.68. The van der Waals surface area contributed by atoms with E-state index in [4.69, 9.17) is 0 Å². The summed E-state index contributed by atoms with van der Waals surface area (Å²) < 4.78 is 0. The maximum Gasteiger partial charge on any atom is 0.310 e. The molecule has 0 aliphatic heterocycles. The van der Waals surface area contributed by atoms with E-state index in [2.05, 4.69) is 0 Å². The third-order valence-electron chi connectivity index (χ3n) is 3.42. The van der Waals surface area contributed by atoms with Crippen LogP contribution >= 0.6 is 0 Å². The monoisotopic (exact) mass is 232 g/mol. The molecule has 1 aliphatic rings. The highest BCUT2D eigenvalue weighted by Gasteiger charge is 2.29. The van der Waals surface area contributed by atoms with E-state index in [0.717, 1.165) is 12.0 Å². The maximum absolute atomic E-state index is 11.3. The molecule has 0 bridgehead atoms. The molecule has 1 N–H and O–H groups in total. The van der Waals surface area contributed by atoms with Crippen molar-refractivity contribution in [3.05, 3.63) is 35.9 Å². The number of carboxylic acids is 1. The Hall–Kier alpha value is -1.64. The van der Waals surface area contributed by atoms with Crippen molar-refractivity contribution in [2.45, 2.75) is 31.6 Å². The van der Waals surface area contributed by atoms with Gasteiger partial charge in [0.25, 0.3) is 0 Å². The zero-order valence-electron chi connectivity index (χ0n) is 9.63. The maximum atomic E-state index is 11.3. The van der Waals surface area contributed by atoms with Crippen LogP contribution in [0.3, 0.4) is 0 Å². The number of ketones is 1. The Morgan fingerprint density at radius 1 is 1.35 bits per heavy atom. The second kappa shape index (κ2) is 5.13. The average Bonchev–Trinajstić information content (AvgIpc) is 2.73. The second-order valence-electron chi connectivity index (χ2n) is 4.68. The fourth-order valence-corrected chi connectivity index (χ4v) is 2.49. The van der Waals surface area contributed by atoms with Crippen molar-refractivity contribution in [2.24, 2.45) is 5.92 Å². The number of carbonyl (C=O) groups excluding carboxylic acids is 1. The SMILES string of the molecule is O=C1CCC(CC(C(=O)O)c2ccccc2)C1. The normalized spacial score (nSPS) is 21.4. The summed E-state index contributed by atoms with van der Waals surface area (Å²) in [5.74, 6) is -0.765. The van der Waals surface area contributed by atoms with Crippen molar-refractivity contribution in [3.8, 4) is 0 Å². The Bertz CT molecular complexity index is 411. The van der Waals surface area contributed by atoms with Crippen LogP contribution in [-0.4, -0.2) is 16.9 Å². The van der Waals surface area contributed by atoms with Crippen LogP contribution in [0.5, 0.6) is 0 Å². The van der Waals surface area contributed by atoms with E-state index in [-0.39, 0.29) is 11.7 Å².